The maximum absolute atomic E-state index is 5.81. The number of guanidine groups is 1. The molecule has 0 spiro atoms. The standard InChI is InChI=1S/C15H22N6O.HI/c1-2-22-9-3-6-18-15(16)20-11-13-4-5-14(19-10-13)21-8-7-17-12-21;/h4-5,7-8,10,12H,2-3,6,9,11H2,1H3,(H3,16,18,20);1H. The Hall–Kier alpha value is -1.68. The summed E-state index contributed by atoms with van der Waals surface area (Å²) in [6.07, 6.45) is 7.98. The molecule has 0 radical (unpaired) electrons. The number of nitrogens with one attached hydrogen (secondary N) is 1. The van der Waals surface area contributed by atoms with Crippen LogP contribution in [0.1, 0.15) is 18.9 Å². The van der Waals surface area contributed by atoms with Crippen LogP contribution in [0, 0.1) is 0 Å². The molecule has 2 rings (SSSR count). The number of nitrogens with two attached hydrogens (primary N) is 1. The van der Waals surface area contributed by atoms with Crippen LogP contribution in [0.3, 0.4) is 0 Å². The monoisotopic (exact) mass is 430 g/mol. The van der Waals surface area contributed by atoms with Gasteiger partial charge in [-0.25, -0.2) is 15.0 Å². The van der Waals surface area contributed by atoms with Crippen LogP contribution in [-0.2, 0) is 11.3 Å². The number of halogens is 1. The van der Waals surface area contributed by atoms with Gasteiger partial charge in [-0.2, -0.15) is 0 Å². The number of aliphatic imine (C=N–C) groups is 1. The average molecular weight is 430 g/mol. The summed E-state index contributed by atoms with van der Waals surface area (Å²) in [6, 6.07) is 3.91. The molecule has 126 valence electrons. The summed E-state index contributed by atoms with van der Waals surface area (Å²) in [7, 11) is 0. The van der Waals surface area contributed by atoms with Gasteiger partial charge in [-0.3, -0.25) is 4.57 Å². The molecule has 7 nitrogen and oxygen atoms in total. The molecule has 8 heteroatoms. The number of aromatic nitrogens is 3. The molecule has 0 bridgehead atoms. The van der Waals surface area contributed by atoms with Crippen molar-refractivity contribution in [3.63, 3.8) is 0 Å². The number of pyridine rings is 1. The van der Waals surface area contributed by atoms with E-state index in [-0.39, 0.29) is 24.0 Å². The van der Waals surface area contributed by atoms with Crippen LogP contribution in [0.25, 0.3) is 5.82 Å². The van der Waals surface area contributed by atoms with Crippen LogP contribution in [-0.4, -0.2) is 40.3 Å². The van der Waals surface area contributed by atoms with Crippen LogP contribution >= 0.6 is 24.0 Å². The fourth-order valence-electron chi connectivity index (χ4n) is 1.82. The Morgan fingerprint density at radius 1 is 1.43 bits per heavy atom. The number of ether oxygens (including phenoxy) is 1. The Kier molecular flexibility index (Phi) is 9.22. The summed E-state index contributed by atoms with van der Waals surface area (Å²) in [5.41, 5.74) is 6.81. The highest BCUT2D eigenvalue weighted by molar-refractivity contribution is 14.0. The van der Waals surface area contributed by atoms with Crippen molar-refractivity contribution in [1.29, 1.82) is 0 Å². The molecule has 2 heterocycles. The molecule has 0 amide bonds. The molecule has 2 aromatic rings. The van der Waals surface area contributed by atoms with Crippen molar-refractivity contribution in [3.8, 4) is 5.82 Å². The van der Waals surface area contributed by atoms with Gasteiger partial charge in [0.15, 0.2) is 5.96 Å². The Balaban J connectivity index is 0.00000264. The van der Waals surface area contributed by atoms with E-state index in [1.54, 1.807) is 18.7 Å². The fraction of sp³-hybridized carbons (Fsp3) is 0.400. The van der Waals surface area contributed by atoms with Gasteiger partial charge in [-0.05, 0) is 25.0 Å². The lowest BCUT2D eigenvalue weighted by Crippen LogP contribution is -2.32. The van der Waals surface area contributed by atoms with Gasteiger partial charge in [0.05, 0.1) is 6.54 Å². The lowest BCUT2D eigenvalue weighted by molar-refractivity contribution is 0.145. The highest BCUT2D eigenvalue weighted by Crippen LogP contribution is 2.06. The van der Waals surface area contributed by atoms with Gasteiger partial charge in [-0.15, -0.1) is 24.0 Å². The van der Waals surface area contributed by atoms with Crippen molar-refractivity contribution in [3.05, 3.63) is 42.6 Å². The minimum absolute atomic E-state index is 0. The number of hydrogen-bond acceptors (Lipinski definition) is 4. The minimum Gasteiger partial charge on any atom is -0.382 e. The molecule has 0 fully saturated rings. The Morgan fingerprint density at radius 3 is 2.96 bits per heavy atom. The zero-order valence-corrected chi connectivity index (χ0v) is 15.5. The van der Waals surface area contributed by atoms with E-state index in [1.165, 1.54) is 0 Å². The second-order valence-electron chi connectivity index (χ2n) is 4.67. The first-order chi connectivity index (χ1) is 10.8. The van der Waals surface area contributed by atoms with Gasteiger partial charge in [-0.1, -0.05) is 6.07 Å². The molecular weight excluding hydrogens is 407 g/mol. The van der Waals surface area contributed by atoms with E-state index in [2.05, 4.69) is 20.3 Å². The van der Waals surface area contributed by atoms with Crippen molar-refractivity contribution >= 4 is 29.9 Å². The smallest absolute Gasteiger partial charge is 0.188 e. The Morgan fingerprint density at radius 2 is 2.30 bits per heavy atom. The Bertz CT molecular complexity index is 570. The van der Waals surface area contributed by atoms with Gasteiger partial charge >= 0.3 is 0 Å². The molecule has 0 atom stereocenters. The summed E-state index contributed by atoms with van der Waals surface area (Å²) >= 11 is 0. The van der Waals surface area contributed by atoms with Crippen molar-refractivity contribution in [2.24, 2.45) is 10.7 Å². The minimum atomic E-state index is 0. The first-order valence-electron chi connectivity index (χ1n) is 7.34. The van der Waals surface area contributed by atoms with Gasteiger partial charge < -0.3 is 15.8 Å². The molecule has 0 saturated heterocycles. The zero-order chi connectivity index (χ0) is 15.6. The molecule has 0 unspecified atom stereocenters. The van der Waals surface area contributed by atoms with Crippen molar-refractivity contribution in [2.75, 3.05) is 19.8 Å². The first-order valence-corrected chi connectivity index (χ1v) is 7.34. The SMILES string of the molecule is CCOCCCNC(N)=NCc1ccc(-n2ccnc2)nc1.I. The lowest BCUT2D eigenvalue weighted by Gasteiger charge is -2.06. The molecule has 0 saturated carbocycles. The highest BCUT2D eigenvalue weighted by Gasteiger charge is 1.98. The van der Waals surface area contributed by atoms with E-state index in [0.717, 1.165) is 37.6 Å². The molecule has 0 aliphatic carbocycles. The van der Waals surface area contributed by atoms with Crippen molar-refractivity contribution < 1.29 is 4.74 Å². The molecule has 3 N–H and O–H groups in total. The summed E-state index contributed by atoms with van der Waals surface area (Å²) in [5.74, 6) is 1.27. The van der Waals surface area contributed by atoms with Gasteiger partial charge in [0.2, 0.25) is 0 Å². The number of nitrogens with zero attached hydrogens (tertiary/aromatic N) is 4. The maximum Gasteiger partial charge on any atom is 0.188 e. The van der Waals surface area contributed by atoms with Gasteiger partial charge in [0, 0.05) is 38.3 Å². The number of hydrogen-bond donors (Lipinski definition) is 2. The van der Waals surface area contributed by atoms with Crippen LogP contribution in [0.4, 0.5) is 0 Å². The highest BCUT2D eigenvalue weighted by atomic mass is 127. The predicted octanol–water partition coefficient (Wildman–Crippen LogP) is 1.72. The zero-order valence-electron chi connectivity index (χ0n) is 13.2. The average Bonchev–Trinajstić information content (AvgIpc) is 3.08. The molecule has 0 aliphatic rings. The van der Waals surface area contributed by atoms with Crippen LogP contribution in [0.5, 0.6) is 0 Å². The van der Waals surface area contributed by atoms with Crippen LogP contribution < -0.4 is 11.1 Å². The molecule has 2 aromatic heterocycles. The third-order valence-electron chi connectivity index (χ3n) is 2.99. The largest absolute Gasteiger partial charge is 0.382 e. The van der Waals surface area contributed by atoms with Crippen LogP contribution in [0.15, 0.2) is 42.0 Å². The third-order valence-corrected chi connectivity index (χ3v) is 2.99. The topological polar surface area (TPSA) is 90.3 Å². The maximum atomic E-state index is 5.81. The summed E-state index contributed by atoms with van der Waals surface area (Å²) in [6.45, 7) is 4.71. The van der Waals surface area contributed by atoms with Gasteiger partial charge in [0.1, 0.15) is 12.1 Å². The Labute approximate surface area is 153 Å². The molecule has 0 aliphatic heterocycles. The summed E-state index contributed by atoms with van der Waals surface area (Å²) < 4.78 is 7.10. The number of imidazole rings is 1. The molecular formula is C15H23IN6O. The van der Waals surface area contributed by atoms with Crippen LogP contribution in [0.2, 0.25) is 0 Å². The molecule has 0 aromatic carbocycles. The van der Waals surface area contributed by atoms with E-state index in [4.69, 9.17) is 10.5 Å². The van der Waals surface area contributed by atoms with E-state index in [9.17, 15) is 0 Å². The first kappa shape index (κ1) is 19.4. The van der Waals surface area contributed by atoms with Crippen molar-refractivity contribution in [1.82, 2.24) is 19.9 Å². The summed E-state index contributed by atoms with van der Waals surface area (Å²) in [4.78, 5) is 12.7. The quantitative estimate of drug-likeness (QED) is 0.288. The number of rotatable bonds is 8. The van der Waals surface area contributed by atoms with Gasteiger partial charge in [0.25, 0.3) is 0 Å². The predicted molar refractivity (Wildman–Crippen MR) is 101 cm³/mol. The van der Waals surface area contributed by atoms with E-state index in [0.29, 0.717) is 12.5 Å². The van der Waals surface area contributed by atoms with E-state index in [1.807, 2.05) is 29.8 Å². The lowest BCUT2D eigenvalue weighted by atomic mass is 10.3. The van der Waals surface area contributed by atoms with E-state index < -0.39 is 0 Å². The second kappa shape index (κ2) is 10.9. The normalized spacial score (nSPS) is 11.1. The summed E-state index contributed by atoms with van der Waals surface area (Å²) in [5, 5.41) is 3.06. The fourth-order valence-corrected chi connectivity index (χ4v) is 1.82. The van der Waals surface area contributed by atoms with E-state index >= 15 is 0 Å². The third kappa shape index (κ3) is 6.95. The molecule has 23 heavy (non-hydrogen) atoms. The van der Waals surface area contributed by atoms with Crippen molar-refractivity contribution in [2.45, 2.75) is 19.9 Å². The second-order valence-corrected chi connectivity index (χ2v) is 4.67.